The van der Waals surface area contributed by atoms with Crippen LogP contribution in [0, 0.1) is 6.92 Å². The van der Waals surface area contributed by atoms with E-state index in [2.05, 4.69) is 5.32 Å². The summed E-state index contributed by atoms with van der Waals surface area (Å²) in [6.07, 6.45) is 0. The summed E-state index contributed by atoms with van der Waals surface area (Å²) in [4.78, 5) is 25.7. The van der Waals surface area contributed by atoms with Crippen molar-refractivity contribution in [1.82, 2.24) is 4.90 Å². The number of nitrogens with one attached hydrogen (secondary N) is 1. The van der Waals surface area contributed by atoms with Gasteiger partial charge in [0, 0.05) is 19.7 Å². The predicted molar refractivity (Wildman–Crippen MR) is 101 cm³/mol. The van der Waals surface area contributed by atoms with Crippen LogP contribution in [-0.4, -0.2) is 44.5 Å². The molecule has 2 amide bonds. The van der Waals surface area contributed by atoms with Crippen LogP contribution in [0.3, 0.4) is 0 Å². The van der Waals surface area contributed by atoms with Crippen molar-refractivity contribution in [3.8, 4) is 11.5 Å². The SMILES string of the molecule is COc1cc(C)ccc1OCC(=O)Nc1cc(C(=O)N(C)C)ccc1Cl. The van der Waals surface area contributed by atoms with Crippen LogP contribution in [0.2, 0.25) is 5.02 Å². The second-order valence-corrected chi connectivity index (χ2v) is 6.29. The first-order valence-corrected chi connectivity index (χ1v) is 8.28. The van der Waals surface area contributed by atoms with Gasteiger partial charge in [0.1, 0.15) is 0 Å². The average molecular weight is 377 g/mol. The zero-order valence-electron chi connectivity index (χ0n) is 15.1. The van der Waals surface area contributed by atoms with Gasteiger partial charge in [-0.2, -0.15) is 0 Å². The second-order valence-electron chi connectivity index (χ2n) is 5.89. The van der Waals surface area contributed by atoms with Crippen molar-refractivity contribution in [2.45, 2.75) is 6.92 Å². The van der Waals surface area contributed by atoms with E-state index >= 15 is 0 Å². The lowest BCUT2D eigenvalue weighted by atomic mass is 10.2. The second kappa shape index (κ2) is 8.58. The third-order valence-corrected chi connectivity index (χ3v) is 3.90. The molecule has 0 bridgehead atoms. The van der Waals surface area contributed by atoms with Gasteiger partial charge in [-0.3, -0.25) is 9.59 Å². The fraction of sp³-hybridized carbons (Fsp3) is 0.263. The van der Waals surface area contributed by atoms with Crippen molar-refractivity contribution < 1.29 is 19.1 Å². The summed E-state index contributed by atoms with van der Waals surface area (Å²) in [5.41, 5.74) is 1.80. The Labute approximate surface area is 157 Å². The van der Waals surface area contributed by atoms with Gasteiger partial charge in [0.25, 0.3) is 11.8 Å². The van der Waals surface area contributed by atoms with E-state index < -0.39 is 5.91 Å². The topological polar surface area (TPSA) is 67.9 Å². The van der Waals surface area contributed by atoms with Crippen molar-refractivity contribution in [3.05, 3.63) is 52.5 Å². The molecule has 0 heterocycles. The van der Waals surface area contributed by atoms with Gasteiger partial charge in [-0.25, -0.2) is 0 Å². The fourth-order valence-electron chi connectivity index (χ4n) is 2.24. The fourth-order valence-corrected chi connectivity index (χ4v) is 2.40. The number of hydrogen-bond acceptors (Lipinski definition) is 4. The molecule has 0 unspecified atom stereocenters. The number of halogens is 1. The number of rotatable bonds is 6. The molecule has 6 nitrogen and oxygen atoms in total. The third kappa shape index (κ3) is 4.89. The Bertz CT molecular complexity index is 821. The van der Waals surface area contributed by atoms with E-state index in [-0.39, 0.29) is 12.5 Å². The van der Waals surface area contributed by atoms with Crippen molar-refractivity contribution in [3.63, 3.8) is 0 Å². The monoisotopic (exact) mass is 376 g/mol. The molecule has 2 rings (SSSR count). The van der Waals surface area contributed by atoms with E-state index in [0.717, 1.165) is 5.56 Å². The van der Waals surface area contributed by atoms with Crippen LogP contribution < -0.4 is 14.8 Å². The maximum atomic E-state index is 12.2. The highest BCUT2D eigenvalue weighted by molar-refractivity contribution is 6.33. The van der Waals surface area contributed by atoms with Gasteiger partial charge < -0.3 is 19.7 Å². The number of nitrogens with zero attached hydrogens (tertiary/aromatic N) is 1. The molecule has 138 valence electrons. The Kier molecular flexibility index (Phi) is 6.46. The number of hydrogen-bond donors (Lipinski definition) is 1. The Balaban J connectivity index is 2.06. The number of carbonyl (C=O) groups is 2. The highest BCUT2D eigenvalue weighted by Gasteiger charge is 2.13. The molecule has 0 aliphatic carbocycles. The zero-order valence-corrected chi connectivity index (χ0v) is 15.9. The summed E-state index contributed by atoms with van der Waals surface area (Å²) < 4.78 is 10.8. The van der Waals surface area contributed by atoms with Crippen LogP contribution in [-0.2, 0) is 4.79 Å². The number of ether oxygens (including phenoxy) is 2. The predicted octanol–water partition coefficient (Wildman–Crippen LogP) is 3.38. The quantitative estimate of drug-likeness (QED) is 0.839. The molecule has 0 aromatic heterocycles. The van der Waals surface area contributed by atoms with E-state index in [4.69, 9.17) is 21.1 Å². The molecule has 0 saturated heterocycles. The average Bonchev–Trinajstić information content (AvgIpc) is 2.61. The first kappa shape index (κ1) is 19.6. The van der Waals surface area contributed by atoms with Crippen LogP contribution >= 0.6 is 11.6 Å². The van der Waals surface area contributed by atoms with Gasteiger partial charge in [-0.1, -0.05) is 17.7 Å². The standard InChI is InChI=1S/C19H21ClN2O4/c1-12-5-8-16(17(9-12)25-4)26-11-18(23)21-15-10-13(6-7-14(15)20)19(24)22(2)3/h5-10H,11H2,1-4H3,(H,21,23). The summed E-state index contributed by atoms with van der Waals surface area (Å²) in [6, 6.07) is 10.1. The normalized spacial score (nSPS) is 10.2. The van der Waals surface area contributed by atoms with E-state index in [1.807, 2.05) is 19.1 Å². The van der Waals surface area contributed by atoms with Crippen molar-refractivity contribution >= 4 is 29.1 Å². The molecule has 0 atom stereocenters. The first-order chi connectivity index (χ1) is 12.3. The minimum Gasteiger partial charge on any atom is -0.493 e. The lowest BCUT2D eigenvalue weighted by molar-refractivity contribution is -0.118. The minimum absolute atomic E-state index is 0.183. The van der Waals surface area contributed by atoms with Crippen molar-refractivity contribution in [2.75, 3.05) is 33.1 Å². The minimum atomic E-state index is -0.399. The van der Waals surface area contributed by atoms with Gasteiger partial charge in [-0.15, -0.1) is 0 Å². The van der Waals surface area contributed by atoms with Crippen molar-refractivity contribution in [2.24, 2.45) is 0 Å². The number of benzene rings is 2. The summed E-state index contributed by atoms with van der Waals surface area (Å²) in [5.74, 6) is 0.437. The lowest BCUT2D eigenvalue weighted by Gasteiger charge is -2.14. The van der Waals surface area contributed by atoms with Gasteiger partial charge >= 0.3 is 0 Å². The number of aryl methyl sites for hydroxylation is 1. The summed E-state index contributed by atoms with van der Waals surface area (Å²) in [5, 5.41) is 2.99. The van der Waals surface area contributed by atoms with Gasteiger partial charge in [0.15, 0.2) is 18.1 Å². The molecular weight excluding hydrogens is 356 g/mol. The van der Waals surface area contributed by atoms with Crippen LogP contribution in [0.25, 0.3) is 0 Å². The molecule has 1 N–H and O–H groups in total. The largest absolute Gasteiger partial charge is 0.493 e. The number of anilines is 1. The summed E-state index contributed by atoms with van der Waals surface area (Å²) in [6.45, 7) is 1.71. The lowest BCUT2D eigenvalue weighted by Crippen LogP contribution is -2.23. The van der Waals surface area contributed by atoms with Crippen LogP contribution in [0.5, 0.6) is 11.5 Å². The van der Waals surface area contributed by atoms with E-state index in [1.165, 1.54) is 18.1 Å². The Morgan fingerprint density at radius 1 is 1.12 bits per heavy atom. The zero-order chi connectivity index (χ0) is 19.3. The molecule has 0 fully saturated rings. The molecule has 2 aromatic rings. The Morgan fingerprint density at radius 2 is 1.85 bits per heavy atom. The van der Waals surface area contributed by atoms with Crippen LogP contribution in [0.1, 0.15) is 15.9 Å². The Morgan fingerprint density at radius 3 is 2.50 bits per heavy atom. The van der Waals surface area contributed by atoms with Crippen molar-refractivity contribution in [1.29, 1.82) is 0 Å². The molecule has 7 heteroatoms. The highest BCUT2D eigenvalue weighted by Crippen LogP contribution is 2.28. The molecule has 2 aromatic carbocycles. The van der Waals surface area contributed by atoms with E-state index in [0.29, 0.717) is 27.8 Å². The van der Waals surface area contributed by atoms with Crippen LogP contribution in [0.15, 0.2) is 36.4 Å². The smallest absolute Gasteiger partial charge is 0.262 e. The maximum absolute atomic E-state index is 12.2. The molecular formula is C19H21ClN2O4. The molecule has 0 saturated carbocycles. The van der Waals surface area contributed by atoms with Crippen LogP contribution in [0.4, 0.5) is 5.69 Å². The summed E-state index contributed by atoms with van der Waals surface area (Å²) in [7, 11) is 4.84. The first-order valence-electron chi connectivity index (χ1n) is 7.90. The molecule has 0 spiro atoms. The number of methoxy groups -OCH3 is 1. The van der Waals surface area contributed by atoms with Gasteiger partial charge in [0.2, 0.25) is 0 Å². The van der Waals surface area contributed by atoms with E-state index in [1.54, 1.807) is 32.3 Å². The number of amides is 2. The molecule has 0 aliphatic rings. The molecule has 0 aliphatic heterocycles. The highest BCUT2D eigenvalue weighted by atomic mass is 35.5. The number of carbonyl (C=O) groups excluding carboxylic acids is 2. The van der Waals surface area contributed by atoms with E-state index in [9.17, 15) is 9.59 Å². The molecule has 26 heavy (non-hydrogen) atoms. The Hall–Kier alpha value is -2.73. The van der Waals surface area contributed by atoms with Gasteiger partial charge in [-0.05, 0) is 42.8 Å². The molecule has 0 radical (unpaired) electrons. The maximum Gasteiger partial charge on any atom is 0.262 e. The van der Waals surface area contributed by atoms with Gasteiger partial charge in [0.05, 0.1) is 17.8 Å². The summed E-state index contributed by atoms with van der Waals surface area (Å²) >= 11 is 6.11. The third-order valence-electron chi connectivity index (χ3n) is 3.57.